The van der Waals surface area contributed by atoms with Crippen molar-refractivity contribution in [2.75, 3.05) is 27.3 Å². The second-order valence-corrected chi connectivity index (χ2v) is 7.07. The molecule has 29 heavy (non-hydrogen) atoms. The number of fused-ring (bicyclic) bond motifs is 1. The fourth-order valence-corrected chi connectivity index (χ4v) is 3.85. The third-order valence-electron chi connectivity index (χ3n) is 5.30. The van der Waals surface area contributed by atoms with E-state index in [0.717, 1.165) is 17.7 Å². The van der Waals surface area contributed by atoms with Gasteiger partial charge in [0.25, 0.3) is 5.91 Å². The number of hydrogen-bond acceptors (Lipinski definition) is 6. The minimum Gasteiger partial charge on any atom is -0.496 e. The summed E-state index contributed by atoms with van der Waals surface area (Å²) in [5.41, 5.74) is 2.59. The first-order valence-corrected chi connectivity index (χ1v) is 9.44. The monoisotopic (exact) mass is 394 g/mol. The molecule has 0 spiro atoms. The minimum absolute atomic E-state index is 0.0566. The summed E-state index contributed by atoms with van der Waals surface area (Å²) in [7, 11) is 2.97. The summed E-state index contributed by atoms with van der Waals surface area (Å²) in [6.07, 6.45) is 3.04. The number of hydrogen-bond donors (Lipinski definition) is 0. The maximum Gasteiger partial charge on any atom is 0.337 e. The molecule has 1 unspecified atom stereocenters. The topological polar surface area (TPSA) is 86.0 Å². The van der Waals surface area contributed by atoms with Crippen molar-refractivity contribution < 1.29 is 19.1 Å². The van der Waals surface area contributed by atoms with Crippen molar-refractivity contribution in [1.29, 1.82) is 0 Å². The van der Waals surface area contributed by atoms with Crippen molar-refractivity contribution in [3.05, 3.63) is 59.5 Å². The maximum absolute atomic E-state index is 13.0. The summed E-state index contributed by atoms with van der Waals surface area (Å²) < 4.78 is 11.8. The molecule has 1 saturated heterocycles. The van der Waals surface area contributed by atoms with Crippen molar-refractivity contribution >= 4 is 17.5 Å². The van der Waals surface area contributed by atoms with Gasteiger partial charge in [0.2, 0.25) is 0 Å². The van der Waals surface area contributed by atoms with E-state index in [0.29, 0.717) is 36.4 Å². The third-order valence-corrected chi connectivity index (χ3v) is 5.30. The predicted molar refractivity (Wildman–Crippen MR) is 105 cm³/mol. The highest BCUT2D eigenvalue weighted by molar-refractivity contribution is 5.93. The van der Waals surface area contributed by atoms with Crippen LogP contribution in [-0.4, -0.2) is 58.7 Å². The Morgan fingerprint density at radius 3 is 2.86 bits per heavy atom. The maximum atomic E-state index is 13.0. The highest BCUT2D eigenvalue weighted by Gasteiger charge is 2.29. The van der Waals surface area contributed by atoms with E-state index in [9.17, 15) is 9.59 Å². The fourth-order valence-electron chi connectivity index (χ4n) is 3.85. The predicted octanol–water partition coefficient (Wildman–Crippen LogP) is 2.23. The lowest BCUT2D eigenvalue weighted by Gasteiger charge is -2.18. The molecular weight excluding hydrogens is 372 g/mol. The number of amides is 1. The first kappa shape index (κ1) is 18.9. The lowest BCUT2D eigenvalue weighted by atomic mass is 9.96. The van der Waals surface area contributed by atoms with E-state index in [1.165, 1.54) is 13.4 Å². The Balaban J connectivity index is 1.50. The van der Waals surface area contributed by atoms with Crippen LogP contribution in [0.4, 0.5) is 0 Å². The molecule has 1 amide bonds. The Hall–Kier alpha value is -3.42. The second-order valence-electron chi connectivity index (χ2n) is 7.07. The minimum atomic E-state index is -0.377. The van der Waals surface area contributed by atoms with Gasteiger partial charge in [0, 0.05) is 13.1 Å². The van der Waals surface area contributed by atoms with Crippen LogP contribution in [0.2, 0.25) is 0 Å². The van der Waals surface area contributed by atoms with Gasteiger partial charge < -0.3 is 14.4 Å². The number of carbonyl (C=O) groups is 2. The summed E-state index contributed by atoms with van der Waals surface area (Å²) in [6, 6.07) is 10.7. The summed E-state index contributed by atoms with van der Waals surface area (Å²) in [5, 5.41) is 4.15. The van der Waals surface area contributed by atoms with Crippen molar-refractivity contribution in [1.82, 2.24) is 19.5 Å². The SMILES string of the molecule is COC(=O)c1ccc(OC)c(CC2CCN(C(=O)c3cccc4ncnn34)C2)c1. The van der Waals surface area contributed by atoms with Gasteiger partial charge in [-0.05, 0) is 54.7 Å². The highest BCUT2D eigenvalue weighted by Crippen LogP contribution is 2.28. The number of methoxy groups -OCH3 is 2. The summed E-state index contributed by atoms with van der Waals surface area (Å²) in [6.45, 7) is 1.31. The van der Waals surface area contributed by atoms with Crippen LogP contribution in [0.3, 0.4) is 0 Å². The number of benzene rings is 1. The van der Waals surface area contributed by atoms with Gasteiger partial charge in [-0.1, -0.05) is 6.07 Å². The largest absolute Gasteiger partial charge is 0.496 e. The van der Waals surface area contributed by atoms with Crippen LogP contribution < -0.4 is 4.74 Å². The van der Waals surface area contributed by atoms with Gasteiger partial charge in [0.15, 0.2) is 5.65 Å². The van der Waals surface area contributed by atoms with Crippen LogP contribution in [-0.2, 0) is 11.2 Å². The zero-order chi connectivity index (χ0) is 20.4. The fraction of sp³-hybridized carbons (Fsp3) is 0.333. The van der Waals surface area contributed by atoms with Crippen LogP contribution in [0, 0.1) is 5.92 Å². The molecule has 8 nitrogen and oxygen atoms in total. The molecule has 0 radical (unpaired) electrons. The molecule has 0 aliphatic carbocycles. The normalized spacial score (nSPS) is 16.2. The van der Waals surface area contributed by atoms with Crippen LogP contribution in [0.15, 0.2) is 42.7 Å². The van der Waals surface area contributed by atoms with Gasteiger partial charge in [0.05, 0.1) is 19.8 Å². The van der Waals surface area contributed by atoms with Gasteiger partial charge in [0.1, 0.15) is 17.8 Å². The van der Waals surface area contributed by atoms with E-state index >= 15 is 0 Å². The number of likely N-dealkylation sites (tertiary alicyclic amines) is 1. The molecule has 1 aliphatic heterocycles. The van der Waals surface area contributed by atoms with Crippen molar-refractivity contribution in [2.45, 2.75) is 12.8 Å². The highest BCUT2D eigenvalue weighted by atomic mass is 16.5. The molecule has 0 bridgehead atoms. The van der Waals surface area contributed by atoms with Crippen LogP contribution in [0.5, 0.6) is 5.75 Å². The first-order valence-electron chi connectivity index (χ1n) is 9.44. The number of pyridine rings is 1. The van der Waals surface area contributed by atoms with Crippen molar-refractivity contribution in [3.8, 4) is 5.75 Å². The van der Waals surface area contributed by atoms with Crippen LogP contribution >= 0.6 is 0 Å². The number of nitrogens with zero attached hydrogens (tertiary/aromatic N) is 4. The molecule has 0 saturated carbocycles. The molecule has 1 fully saturated rings. The Bertz CT molecular complexity index is 1060. The quantitative estimate of drug-likeness (QED) is 0.617. The second kappa shape index (κ2) is 7.90. The number of esters is 1. The van der Waals surface area contributed by atoms with Crippen LogP contribution in [0.1, 0.15) is 32.8 Å². The zero-order valence-corrected chi connectivity index (χ0v) is 16.4. The lowest BCUT2D eigenvalue weighted by molar-refractivity contribution is 0.0600. The van der Waals surface area contributed by atoms with E-state index in [-0.39, 0.29) is 17.8 Å². The van der Waals surface area contributed by atoms with E-state index in [2.05, 4.69) is 10.1 Å². The molecule has 8 heteroatoms. The molecule has 150 valence electrons. The average molecular weight is 394 g/mol. The standard InChI is InChI=1S/C21H22N4O4/c1-28-18-7-6-15(21(27)29-2)11-16(18)10-14-8-9-24(12-14)20(26)17-4-3-5-19-22-13-23-25(17)19/h3-7,11,13-14H,8-10,12H2,1-2H3. The Labute approximate surface area is 168 Å². The number of aromatic nitrogens is 3. The zero-order valence-electron chi connectivity index (χ0n) is 16.4. The molecule has 1 aliphatic rings. The number of ether oxygens (including phenoxy) is 2. The van der Waals surface area contributed by atoms with E-state index in [4.69, 9.17) is 9.47 Å². The van der Waals surface area contributed by atoms with E-state index < -0.39 is 0 Å². The Morgan fingerprint density at radius 1 is 1.21 bits per heavy atom. The van der Waals surface area contributed by atoms with Gasteiger partial charge in [-0.25, -0.2) is 14.3 Å². The summed E-state index contributed by atoms with van der Waals surface area (Å²) >= 11 is 0. The first-order chi connectivity index (χ1) is 14.1. The average Bonchev–Trinajstić information content (AvgIpc) is 3.42. The molecule has 3 heterocycles. The number of carbonyl (C=O) groups excluding carboxylic acids is 2. The smallest absolute Gasteiger partial charge is 0.337 e. The van der Waals surface area contributed by atoms with Crippen molar-refractivity contribution in [2.24, 2.45) is 5.92 Å². The lowest BCUT2D eigenvalue weighted by Crippen LogP contribution is -2.30. The molecule has 1 aromatic carbocycles. The molecule has 3 aromatic rings. The molecule has 4 rings (SSSR count). The van der Waals surface area contributed by atoms with E-state index in [1.807, 2.05) is 23.1 Å². The van der Waals surface area contributed by atoms with Gasteiger partial charge in [-0.2, -0.15) is 5.10 Å². The summed E-state index contributed by atoms with van der Waals surface area (Å²) in [4.78, 5) is 30.9. The van der Waals surface area contributed by atoms with Gasteiger partial charge in [-0.3, -0.25) is 4.79 Å². The Kier molecular flexibility index (Phi) is 5.16. The number of rotatable bonds is 5. The third kappa shape index (κ3) is 3.65. The molecule has 1 atom stereocenters. The summed E-state index contributed by atoms with van der Waals surface area (Å²) in [5.74, 6) is 0.572. The molecule has 0 N–H and O–H groups in total. The van der Waals surface area contributed by atoms with E-state index in [1.54, 1.807) is 29.8 Å². The molecule has 2 aromatic heterocycles. The molecular formula is C21H22N4O4. The Morgan fingerprint density at radius 2 is 2.07 bits per heavy atom. The van der Waals surface area contributed by atoms with Gasteiger partial charge in [-0.15, -0.1) is 0 Å². The van der Waals surface area contributed by atoms with Crippen LogP contribution in [0.25, 0.3) is 5.65 Å². The van der Waals surface area contributed by atoms with Gasteiger partial charge >= 0.3 is 5.97 Å². The van der Waals surface area contributed by atoms with Crippen molar-refractivity contribution in [3.63, 3.8) is 0 Å².